The number of carboxylic acid groups (broad SMARTS) is 2. The van der Waals surface area contributed by atoms with Gasteiger partial charge in [-0.15, -0.1) is 0 Å². The summed E-state index contributed by atoms with van der Waals surface area (Å²) in [6.45, 7) is 18.0. The number of hydrogen-bond acceptors (Lipinski definition) is 4. The first-order chi connectivity index (χ1) is 9.63. The first kappa shape index (κ1) is 37.0. The fourth-order valence-corrected chi connectivity index (χ4v) is 0.839. The van der Waals surface area contributed by atoms with Crippen molar-refractivity contribution >= 4 is 11.9 Å². The minimum absolute atomic E-state index is 0. The van der Waals surface area contributed by atoms with Gasteiger partial charge in [0.25, 0.3) is 0 Å². The molecule has 0 saturated carbocycles. The normalized spacial score (nSPS) is 5.45. The number of aromatic carboxylic acids is 2. The number of carbonyl (C=O) groups is 2. The van der Waals surface area contributed by atoms with Gasteiger partial charge in [-0.3, -0.25) is 0 Å². The zero-order valence-electron chi connectivity index (χ0n) is 10.2. The van der Waals surface area contributed by atoms with Crippen molar-refractivity contribution < 1.29 is 77.4 Å². The van der Waals surface area contributed by atoms with Crippen LogP contribution in [0.25, 0.3) is 0 Å². The summed E-state index contributed by atoms with van der Waals surface area (Å²) in [6, 6.07) is 5.14. The third kappa shape index (κ3) is 18.4. The third-order valence-corrected chi connectivity index (χ3v) is 1.37. The second-order valence-electron chi connectivity index (χ2n) is 2.12. The first-order valence-corrected chi connectivity index (χ1v) is 3.96. The summed E-state index contributed by atoms with van der Waals surface area (Å²) in [5.41, 5.74) is -0.727. The van der Waals surface area contributed by atoms with Crippen molar-refractivity contribution in [3.05, 3.63) is 62.0 Å². The summed E-state index contributed by atoms with van der Waals surface area (Å²) in [5.74, 6) is -3.04. The van der Waals surface area contributed by atoms with E-state index in [2.05, 4.69) is 26.6 Å². The molecule has 0 spiro atoms. The maximum absolute atomic E-state index is 10.3. The van der Waals surface area contributed by atoms with Gasteiger partial charge in [-0.2, -0.15) is 0 Å². The van der Waals surface area contributed by atoms with Crippen molar-refractivity contribution in [2.75, 3.05) is 0 Å². The molecule has 0 saturated heterocycles. The molecule has 1 rings (SSSR count). The Hall–Kier alpha value is -1.63. The Labute approximate surface area is 151 Å². The summed E-state index contributed by atoms with van der Waals surface area (Å²) < 4.78 is 30.0. The Bertz CT molecular complexity index is 434. The average Bonchev–Trinajstić information content (AvgIpc) is 2.55. The Balaban J connectivity index is -0.0000000560. The van der Waals surface area contributed by atoms with E-state index in [1.807, 2.05) is 0 Å². The predicted molar refractivity (Wildman–Crippen MR) is 50.8 cm³/mol. The molecule has 1 aromatic carbocycles. The van der Waals surface area contributed by atoms with Gasteiger partial charge in [-0.25, -0.2) is 0 Å². The van der Waals surface area contributed by atoms with Crippen LogP contribution in [0.1, 0.15) is 20.7 Å². The smallest absolute Gasteiger partial charge is 0 e. The molecule has 10 heteroatoms. The zero-order chi connectivity index (χ0) is 17.1. The van der Waals surface area contributed by atoms with Crippen molar-refractivity contribution in [2.45, 2.75) is 0 Å². The van der Waals surface area contributed by atoms with E-state index in [4.69, 9.17) is 18.6 Å². The minimum atomic E-state index is -1.52. The van der Waals surface area contributed by atoms with E-state index in [9.17, 15) is 19.8 Å². The van der Waals surface area contributed by atoms with Crippen LogP contribution in [0.3, 0.4) is 0 Å². The molecule has 2 radical (unpaired) electrons. The van der Waals surface area contributed by atoms with Crippen LogP contribution in [-0.2, 0) is 57.6 Å². The third-order valence-electron chi connectivity index (χ3n) is 1.37. The number of hydrogen-bond donors (Lipinski definition) is 0. The molecule has 8 nitrogen and oxygen atoms in total. The fraction of sp³-hybridized carbons (Fsp3) is 0. The van der Waals surface area contributed by atoms with Crippen LogP contribution in [0.5, 0.6) is 0 Å². The van der Waals surface area contributed by atoms with Crippen LogP contribution in [0.4, 0.5) is 0 Å². The average molecular weight is 482 g/mol. The number of rotatable bonds is 2. The summed E-state index contributed by atoms with van der Waals surface area (Å²) in [4.78, 5) is 20.6. The van der Waals surface area contributed by atoms with Gasteiger partial charge in [0.05, 0.1) is 11.9 Å². The predicted octanol–water partition coefficient (Wildman–Crippen LogP) is -1.74. The number of carboxylic acids is 2. The molecular weight excluding hydrogens is 478 g/mol. The van der Waals surface area contributed by atoms with E-state index in [0.717, 1.165) is 12.1 Å². The first-order valence-electron chi connectivity index (χ1n) is 3.96. The van der Waals surface area contributed by atoms with E-state index in [1.165, 1.54) is 12.1 Å². The standard InChI is InChI=1S/C8H6O4.4CO.2Rh/c9-7(10)5-3-1-2-4-6(5)8(11)12;4*1-2;;/h1-4H,(H,9,10)(H,11,12);;;;;;/p-2. The maximum atomic E-state index is 10.3. The number of carbonyl (C=O) groups excluding carboxylic acids is 2. The SMILES string of the molecule is O=C([O-])c1ccccc1C(=O)[O-].[C-]#[O+].[C-]#[O+].[C-]#[O+].[C-]#[O+].[Rh].[Rh]. The van der Waals surface area contributed by atoms with Gasteiger partial charge < -0.3 is 19.8 Å². The van der Waals surface area contributed by atoms with Crippen LogP contribution in [0.2, 0.25) is 0 Å². The Morgan fingerprint density at radius 3 is 1.00 bits per heavy atom. The van der Waals surface area contributed by atoms with Crippen molar-refractivity contribution in [1.29, 1.82) is 0 Å². The van der Waals surface area contributed by atoms with E-state index in [0.29, 0.717) is 0 Å². The van der Waals surface area contributed by atoms with Crippen LogP contribution in [0.15, 0.2) is 24.3 Å². The van der Waals surface area contributed by atoms with Crippen LogP contribution >= 0.6 is 0 Å². The molecule has 22 heavy (non-hydrogen) atoms. The minimum Gasteiger partial charge on any atom is 0 e. The van der Waals surface area contributed by atoms with Gasteiger partial charge in [-0.1, -0.05) is 24.3 Å². The fourth-order valence-electron chi connectivity index (χ4n) is 0.839. The molecule has 0 amide bonds. The number of benzene rings is 1. The molecule has 0 fully saturated rings. The Morgan fingerprint density at radius 1 is 0.682 bits per heavy atom. The Morgan fingerprint density at radius 2 is 0.864 bits per heavy atom. The largest absolute Gasteiger partial charge is 0 e. The van der Waals surface area contributed by atoms with Crippen LogP contribution in [-0.4, -0.2) is 11.9 Å². The molecule has 120 valence electrons. The van der Waals surface area contributed by atoms with Gasteiger partial charge >= 0.3 is 45.2 Å². The van der Waals surface area contributed by atoms with E-state index >= 15 is 0 Å². The quantitative estimate of drug-likeness (QED) is 0.278. The van der Waals surface area contributed by atoms with Gasteiger partial charge in [-0.05, 0) is 0 Å². The molecule has 1 aromatic rings. The molecule has 0 atom stereocenters. The summed E-state index contributed by atoms with van der Waals surface area (Å²) in [6.07, 6.45) is 0. The molecule has 0 aliphatic heterocycles. The molecular formula is C12H4O8Rh2-2. The molecule has 0 heterocycles. The Kier molecular flexibility index (Phi) is 53.2. The van der Waals surface area contributed by atoms with Crippen molar-refractivity contribution in [3.63, 3.8) is 0 Å². The van der Waals surface area contributed by atoms with Gasteiger partial charge in [0, 0.05) is 50.1 Å². The van der Waals surface area contributed by atoms with E-state index < -0.39 is 11.9 Å². The topological polar surface area (TPSA) is 160 Å². The maximum Gasteiger partial charge on any atom is 0 e. The van der Waals surface area contributed by atoms with E-state index in [1.54, 1.807) is 0 Å². The summed E-state index contributed by atoms with van der Waals surface area (Å²) >= 11 is 0. The second kappa shape index (κ2) is 31.7. The van der Waals surface area contributed by atoms with E-state index in [-0.39, 0.29) is 50.1 Å². The molecule has 0 aliphatic carbocycles. The zero-order valence-corrected chi connectivity index (χ0v) is 13.5. The molecule has 0 unspecified atom stereocenters. The monoisotopic (exact) mass is 482 g/mol. The van der Waals surface area contributed by atoms with Crippen molar-refractivity contribution in [1.82, 2.24) is 0 Å². The second-order valence-corrected chi connectivity index (χ2v) is 2.12. The van der Waals surface area contributed by atoms with Gasteiger partial charge in [0.2, 0.25) is 0 Å². The molecule has 0 bridgehead atoms. The van der Waals surface area contributed by atoms with Crippen LogP contribution < -0.4 is 10.2 Å². The van der Waals surface area contributed by atoms with Crippen molar-refractivity contribution in [2.24, 2.45) is 0 Å². The summed E-state index contributed by atoms with van der Waals surface area (Å²) in [5, 5.41) is 20.6. The molecule has 0 N–H and O–H groups in total. The van der Waals surface area contributed by atoms with Crippen LogP contribution in [0, 0.1) is 26.6 Å². The molecule has 0 aromatic heterocycles. The summed E-state index contributed by atoms with van der Waals surface area (Å²) in [7, 11) is 0. The van der Waals surface area contributed by atoms with Gasteiger partial charge in [0.15, 0.2) is 0 Å². The van der Waals surface area contributed by atoms with Crippen molar-refractivity contribution in [3.8, 4) is 0 Å². The molecule has 0 aliphatic rings. The van der Waals surface area contributed by atoms with Gasteiger partial charge in [0.1, 0.15) is 0 Å².